The first kappa shape index (κ1) is 25.8. The molecule has 0 spiro atoms. The van der Waals surface area contributed by atoms with Crippen molar-refractivity contribution in [2.75, 3.05) is 13.2 Å². The molecule has 1 fully saturated rings. The smallest absolute Gasteiger partial charge is 0.285 e. The Balaban J connectivity index is 1.71. The Kier molecular flexibility index (Phi) is 9.53. The van der Waals surface area contributed by atoms with Crippen LogP contribution in [-0.2, 0) is 4.79 Å². The van der Waals surface area contributed by atoms with Gasteiger partial charge in [-0.15, -0.1) is 0 Å². The molecule has 0 unspecified atom stereocenters. The minimum absolute atomic E-state index is 0.273. The second-order valence-electron chi connectivity index (χ2n) is 7.82. The Bertz CT molecular complexity index is 1080. The van der Waals surface area contributed by atoms with E-state index in [0.717, 1.165) is 40.7 Å². The lowest BCUT2D eigenvalue weighted by atomic mass is 10.1. The minimum atomic E-state index is -0.380. The van der Waals surface area contributed by atoms with Crippen LogP contribution in [0, 0.1) is 6.92 Å². The van der Waals surface area contributed by atoms with Crippen molar-refractivity contribution >= 4 is 46.2 Å². The molecule has 0 radical (unpaired) electrons. The molecule has 2 aromatic carbocycles. The number of carbonyl (C=O) groups is 2. The molecule has 2 amide bonds. The molecule has 1 N–H and O–H groups in total. The van der Waals surface area contributed by atoms with E-state index in [2.05, 4.69) is 12.3 Å². The average Bonchev–Trinajstić information content (AvgIpc) is 3.08. The van der Waals surface area contributed by atoms with E-state index in [4.69, 9.17) is 21.7 Å². The van der Waals surface area contributed by atoms with Crippen molar-refractivity contribution in [3.63, 3.8) is 0 Å². The number of aryl methyl sites for hydroxylation is 1. The van der Waals surface area contributed by atoms with Crippen LogP contribution in [0.3, 0.4) is 0 Å². The second-order valence-corrected chi connectivity index (χ2v) is 9.50. The van der Waals surface area contributed by atoms with Gasteiger partial charge >= 0.3 is 0 Å². The fourth-order valence-electron chi connectivity index (χ4n) is 3.42. The number of hydrogen-bond acceptors (Lipinski definition) is 6. The summed E-state index contributed by atoms with van der Waals surface area (Å²) in [7, 11) is 0. The van der Waals surface area contributed by atoms with Gasteiger partial charge in [0.25, 0.3) is 11.8 Å². The number of unbranched alkanes of at least 4 members (excludes halogenated alkanes) is 3. The lowest BCUT2D eigenvalue weighted by Gasteiger charge is -2.16. The fraction of sp³-hybridized carbons (Fsp3) is 0.346. The summed E-state index contributed by atoms with van der Waals surface area (Å²) in [6.45, 7) is 7.08. The van der Waals surface area contributed by atoms with Crippen molar-refractivity contribution in [3.8, 4) is 11.5 Å². The minimum Gasteiger partial charge on any atom is -0.490 e. The van der Waals surface area contributed by atoms with E-state index in [9.17, 15) is 9.59 Å². The zero-order valence-corrected chi connectivity index (χ0v) is 21.4. The highest BCUT2D eigenvalue weighted by molar-refractivity contribution is 8.26. The van der Waals surface area contributed by atoms with Crippen LogP contribution >= 0.6 is 24.0 Å². The first-order valence-electron chi connectivity index (χ1n) is 11.5. The zero-order valence-electron chi connectivity index (χ0n) is 19.8. The van der Waals surface area contributed by atoms with E-state index < -0.39 is 0 Å². The summed E-state index contributed by atoms with van der Waals surface area (Å²) < 4.78 is 12.0. The summed E-state index contributed by atoms with van der Waals surface area (Å²) in [5, 5.41) is 1.12. The quantitative estimate of drug-likeness (QED) is 0.236. The van der Waals surface area contributed by atoms with Crippen LogP contribution in [0.15, 0.2) is 47.4 Å². The molecule has 0 aromatic heterocycles. The van der Waals surface area contributed by atoms with Crippen LogP contribution in [0.1, 0.15) is 61.0 Å². The third-order valence-corrected chi connectivity index (χ3v) is 6.52. The van der Waals surface area contributed by atoms with Gasteiger partial charge in [-0.2, -0.15) is 5.01 Å². The highest BCUT2D eigenvalue weighted by Gasteiger charge is 2.34. The maximum atomic E-state index is 13.0. The van der Waals surface area contributed by atoms with Gasteiger partial charge in [0.1, 0.15) is 0 Å². The SMILES string of the molecule is CCCCCCOc1ccc(/C=C2\SC(=S)N(NC(=O)c3ccccc3C)C2=O)cc1OCC. The Morgan fingerprint density at radius 2 is 1.88 bits per heavy atom. The van der Waals surface area contributed by atoms with Crippen LogP contribution < -0.4 is 14.9 Å². The number of hydrazine groups is 1. The number of thioether (sulfide) groups is 1. The number of hydrogen-bond donors (Lipinski definition) is 1. The summed E-state index contributed by atoms with van der Waals surface area (Å²) >= 11 is 6.49. The van der Waals surface area contributed by atoms with Crippen molar-refractivity contribution in [3.05, 3.63) is 64.1 Å². The van der Waals surface area contributed by atoms with Gasteiger partial charge in [-0.05, 0) is 67.9 Å². The second kappa shape index (κ2) is 12.6. The van der Waals surface area contributed by atoms with Crippen molar-refractivity contribution in [2.24, 2.45) is 0 Å². The van der Waals surface area contributed by atoms with Gasteiger partial charge in [0.2, 0.25) is 0 Å². The van der Waals surface area contributed by atoms with Crippen molar-refractivity contribution in [1.29, 1.82) is 0 Å². The Morgan fingerprint density at radius 3 is 2.62 bits per heavy atom. The molecule has 3 rings (SSSR count). The number of amides is 2. The van der Waals surface area contributed by atoms with Gasteiger partial charge in [-0.25, -0.2) is 0 Å². The molecule has 0 aliphatic carbocycles. The van der Waals surface area contributed by atoms with Gasteiger partial charge in [0, 0.05) is 5.56 Å². The highest BCUT2D eigenvalue weighted by Crippen LogP contribution is 2.34. The van der Waals surface area contributed by atoms with Crippen molar-refractivity contribution in [2.45, 2.75) is 46.5 Å². The van der Waals surface area contributed by atoms with E-state index >= 15 is 0 Å². The molecule has 0 bridgehead atoms. The molecule has 6 nitrogen and oxygen atoms in total. The van der Waals surface area contributed by atoms with E-state index in [1.807, 2.05) is 44.2 Å². The molecule has 1 saturated heterocycles. The van der Waals surface area contributed by atoms with Gasteiger partial charge in [0.05, 0.1) is 18.1 Å². The number of carbonyl (C=O) groups excluding carboxylic acids is 2. The third kappa shape index (κ3) is 6.61. The summed E-state index contributed by atoms with van der Waals surface area (Å²) in [6, 6.07) is 12.8. The van der Waals surface area contributed by atoms with Crippen LogP contribution in [0.2, 0.25) is 0 Å². The number of benzene rings is 2. The maximum absolute atomic E-state index is 13.0. The zero-order chi connectivity index (χ0) is 24.5. The predicted molar refractivity (Wildman–Crippen MR) is 141 cm³/mol. The maximum Gasteiger partial charge on any atom is 0.285 e. The first-order chi connectivity index (χ1) is 16.4. The molecule has 180 valence electrons. The topological polar surface area (TPSA) is 67.9 Å². The molecule has 34 heavy (non-hydrogen) atoms. The van der Waals surface area contributed by atoms with Crippen LogP contribution in [0.25, 0.3) is 6.08 Å². The fourth-order valence-corrected chi connectivity index (χ4v) is 4.60. The lowest BCUT2D eigenvalue weighted by molar-refractivity contribution is -0.123. The summed E-state index contributed by atoms with van der Waals surface area (Å²) in [4.78, 5) is 26.0. The number of thiocarbonyl (C=S) groups is 1. The highest BCUT2D eigenvalue weighted by atomic mass is 32.2. The van der Waals surface area contributed by atoms with Crippen LogP contribution in [0.5, 0.6) is 11.5 Å². The Morgan fingerprint density at radius 1 is 1.09 bits per heavy atom. The van der Waals surface area contributed by atoms with Gasteiger partial charge in [-0.3, -0.25) is 15.0 Å². The molecule has 1 heterocycles. The number of ether oxygens (including phenoxy) is 2. The molecule has 1 aliphatic rings. The third-order valence-electron chi connectivity index (χ3n) is 5.22. The molecular formula is C26H30N2O4S2. The Hall–Kier alpha value is -2.84. The van der Waals surface area contributed by atoms with Gasteiger partial charge in [-0.1, -0.05) is 62.2 Å². The number of rotatable bonds is 11. The van der Waals surface area contributed by atoms with Crippen LogP contribution in [0.4, 0.5) is 0 Å². The summed E-state index contributed by atoms with van der Waals surface area (Å²) in [6.07, 6.45) is 6.26. The average molecular weight is 499 g/mol. The predicted octanol–water partition coefficient (Wildman–Crippen LogP) is 5.90. The van der Waals surface area contributed by atoms with Crippen LogP contribution in [-0.4, -0.2) is 34.4 Å². The van der Waals surface area contributed by atoms with E-state index in [1.54, 1.807) is 18.2 Å². The molecule has 8 heteroatoms. The summed E-state index contributed by atoms with van der Waals surface area (Å²) in [5.74, 6) is 0.574. The normalized spacial score (nSPS) is 14.6. The van der Waals surface area contributed by atoms with E-state index in [0.29, 0.717) is 35.2 Å². The molecule has 0 atom stereocenters. The first-order valence-corrected chi connectivity index (χ1v) is 12.7. The molecule has 0 saturated carbocycles. The Labute approximate surface area is 210 Å². The van der Waals surface area contributed by atoms with Gasteiger partial charge in [0.15, 0.2) is 15.8 Å². The van der Waals surface area contributed by atoms with Crippen molar-refractivity contribution < 1.29 is 19.1 Å². The van der Waals surface area contributed by atoms with Crippen molar-refractivity contribution in [1.82, 2.24) is 10.4 Å². The van der Waals surface area contributed by atoms with Gasteiger partial charge < -0.3 is 9.47 Å². The number of nitrogens with one attached hydrogen (secondary N) is 1. The summed E-state index contributed by atoms with van der Waals surface area (Å²) in [5.41, 5.74) is 4.72. The monoisotopic (exact) mass is 498 g/mol. The molecular weight excluding hydrogens is 468 g/mol. The molecule has 2 aromatic rings. The molecule has 1 aliphatic heterocycles. The number of nitrogens with zero attached hydrogens (tertiary/aromatic N) is 1. The standard InChI is InChI=1S/C26H30N2O4S2/c1-4-6-7-10-15-32-21-14-13-19(16-22(21)31-5-2)17-23-25(30)28(26(33)34-23)27-24(29)20-12-9-8-11-18(20)3/h8-9,11-14,16-17H,4-7,10,15H2,1-3H3,(H,27,29)/b23-17-. The van der Waals surface area contributed by atoms with E-state index in [1.165, 1.54) is 12.8 Å². The van der Waals surface area contributed by atoms with E-state index in [-0.39, 0.29) is 16.1 Å². The lowest BCUT2D eigenvalue weighted by Crippen LogP contribution is -2.45. The largest absolute Gasteiger partial charge is 0.490 e.